The fraction of sp³-hybridized carbons (Fsp3) is 0.364. The fourth-order valence-corrected chi connectivity index (χ4v) is 3.29. The van der Waals surface area contributed by atoms with E-state index >= 15 is 0 Å². The van der Waals surface area contributed by atoms with Gasteiger partial charge in [-0.2, -0.15) is 0 Å². The summed E-state index contributed by atoms with van der Waals surface area (Å²) in [4.78, 5) is 30.6. The molecule has 1 N–H and O–H groups in total. The number of amides is 2. The molecular weight excluding hydrogens is 352 g/mol. The number of anilines is 2. The summed E-state index contributed by atoms with van der Waals surface area (Å²) in [5, 5.41) is 2.88. The number of carbonyl (C=O) groups is 2. The normalized spacial score (nSPS) is 14.6. The van der Waals surface area contributed by atoms with Crippen LogP contribution in [0.15, 0.2) is 54.6 Å². The van der Waals surface area contributed by atoms with E-state index in [0.29, 0.717) is 6.54 Å². The first kappa shape index (κ1) is 19.9. The van der Waals surface area contributed by atoms with Crippen LogP contribution >= 0.6 is 0 Å². The zero-order valence-corrected chi connectivity index (χ0v) is 16.6. The first-order valence-electron chi connectivity index (χ1n) is 9.65. The minimum Gasteiger partial charge on any atom is -0.369 e. The second-order valence-corrected chi connectivity index (χ2v) is 7.17. The number of nitrogens with zero attached hydrogens (tertiary/aromatic N) is 3. The number of hydrogen-bond donors (Lipinski definition) is 1. The summed E-state index contributed by atoms with van der Waals surface area (Å²) in [5.41, 5.74) is 2.91. The Morgan fingerprint density at radius 2 is 1.61 bits per heavy atom. The summed E-state index contributed by atoms with van der Waals surface area (Å²) in [6.07, 6.45) is 0. The molecule has 0 bridgehead atoms. The second kappa shape index (κ2) is 9.37. The van der Waals surface area contributed by atoms with Crippen LogP contribution in [0, 0.1) is 0 Å². The minimum absolute atomic E-state index is 0.00994. The quantitative estimate of drug-likeness (QED) is 0.834. The van der Waals surface area contributed by atoms with Crippen molar-refractivity contribution in [2.24, 2.45) is 0 Å². The molecule has 2 amide bonds. The number of benzene rings is 2. The molecule has 2 aromatic rings. The van der Waals surface area contributed by atoms with E-state index in [4.69, 9.17) is 0 Å². The van der Waals surface area contributed by atoms with Gasteiger partial charge < -0.3 is 20.0 Å². The first-order chi connectivity index (χ1) is 13.5. The molecule has 148 valence electrons. The van der Waals surface area contributed by atoms with E-state index in [1.807, 2.05) is 54.6 Å². The molecule has 28 heavy (non-hydrogen) atoms. The highest BCUT2D eigenvalue weighted by atomic mass is 16.2. The summed E-state index contributed by atoms with van der Waals surface area (Å²) >= 11 is 0. The molecule has 1 saturated heterocycles. The van der Waals surface area contributed by atoms with Crippen LogP contribution in [0.2, 0.25) is 0 Å². The van der Waals surface area contributed by atoms with E-state index in [2.05, 4.69) is 22.2 Å². The highest BCUT2D eigenvalue weighted by Gasteiger charge is 2.18. The fourth-order valence-electron chi connectivity index (χ4n) is 3.29. The van der Waals surface area contributed by atoms with Crippen LogP contribution in [0.1, 0.15) is 12.5 Å². The van der Waals surface area contributed by atoms with Gasteiger partial charge in [-0.1, -0.05) is 30.3 Å². The van der Waals surface area contributed by atoms with Gasteiger partial charge in [-0.15, -0.1) is 0 Å². The molecule has 1 aliphatic heterocycles. The van der Waals surface area contributed by atoms with Crippen molar-refractivity contribution in [3.63, 3.8) is 0 Å². The zero-order valence-electron chi connectivity index (χ0n) is 16.6. The van der Waals surface area contributed by atoms with Crippen molar-refractivity contribution >= 4 is 23.2 Å². The van der Waals surface area contributed by atoms with Crippen LogP contribution in [-0.2, 0) is 16.1 Å². The van der Waals surface area contributed by atoms with Crippen LogP contribution < -0.4 is 15.1 Å². The Labute approximate surface area is 166 Å². The standard InChI is InChI=1S/C22H28N4O2/c1-18(27)26(17-22(28)23-16-19-6-4-3-5-7-19)21-10-8-20(9-11-21)25-14-12-24(2)13-15-25/h3-11H,12-17H2,1-2H3,(H,23,28). The van der Waals surface area contributed by atoms with Crippen LogP contribution in [-0.4, -0.2) is 56.5 Å². The lowest BCUT2D eigenvalue weighted by atomic mass is 10.2. The van der Waals surface area contributed by atoms with Gasteiger partial charge >= 0.3 is 0 Å². The molecule has 1 fully saturated rings. The predicted molar refractivity (Wildman–Crippen MR) is 112 cm³/mol. The Kier molecular flexibility index (Phi) is 6.66. The van der Waals surface area contributed by atoms with Crippen molar-refractivity contribution in [2.75, 3.05) is 49.6 Å². The molecule has 1 heterocycles. The largest absolute Gasteiger partial charge is 0.369 e. The van der Waals surface area contributed by atoms with E-state index < -0.39 is 0 Å². The third-order valence-electron chi connectivity index (χ3n) is 5.04. The number of likely N-dealkylation sites (N-methyl/N-ethyl adjacent to an activating group) is 1. The maximum atomic E-state index is 12.3. The smallest absolute Gasteiger partial charge is 0.240 e. The number of rotatable bonds is 6. The lowest BCUT2D eigenvalue weighted by molar-refractivity contribution is -0.123. The summed E-state index contributed by atoms with van der Waals surface area (Å²) in [5.74, 6) is -0.329. The van der Waals surface area contributed by atoms with Crippen LogP contribution in [0.5, 0.6) is 0 Å². The van der Waals surface area contributed by atoms with Gasteiger partial charge in [0.05, 0.1) is 0 Å². The Morgan fingerprint density at radius 3 is 2.21 bits per heavy atom. The van der Waals surface area contributed by atoms with Gasteiger partial charge in [0.25, 0.3) is 0 Å². The first-order valence-corrected chi connectivity index (χ1v) is 9.65. The van der Waals surface area contributed by atoms with E-state index in [9.17, 15) is 9.59 Å². The van der Waals surface area contributed by atoms with Crippen molar-refractivity contribution in [1.82, 2.24) is 10.2 Å². The van der Waals surface area contributed by atoms with E-state index in [-0.39, 0.29) is 18.4 Å². The third-order valence-corrected chi connectivity index (χ3v) is 5.04. The predicted octanol–water partition coefficient (Wildman–Crippen LogP) is 2.11. The molecule has 0 saturated carbocycles. The van der Waals surface area contributed by atoms with Crippen molar-refractivity contribution in [3.05, 3.63) is 60.2 Å². The molecule has 3 rings (SSSR count). The van der Waals surface area contributed by atoms with Crippen LogP contribution in [0.3, 0.4) is 0 Å². The van der Waals surface area contributed by atoms with Gasteiger partial charge in [-0.25, -0.2) is 0 Å². The zero-order chi connectivity index (χ0) is 19.9. The molecule has 0 unspecified atom stereocenters. The molecule has 0 aliphatic carbocycles. The lowest BCUT2D eigenvalue weighted by Gasteiger charge is -2.34. The van der Waals surface area contributed by atoms with Gasteiger partial charge in [0.15, 0.2) is 0 Å². The molecule has 1 aliphatic rings. The van der Waals surface area contributed by atoms with E-state index in [1.54, 1.807) is 0 Å². The Morgan fingerprint density at radius 1 is 0.964 bits per heavy atom. The topological polar surface area (TPSA) is 55.9 Å². The molecule has 0 spiro atoms. The average molecular weight is 380 g/mol. The number of nitrogens with one attached hydrogen (secondary N) is 1. The number of hydrogen-bond acceptors (Lipinski definition) is 4. The maximum absolute atomic E-state index is 12.3. The summed E-state index contributed by atoms with van der Waals surface area (Å²) < 4.78 is 0. The van der Waals surface area contributed by atoms with Crippen molar-refractivity contribution < 1.29 is 9.59 Å². The SMILES string of the molecule is CC(=O)N(CC(=O)NCc1ccccc1)c1ccc(N2CCN(C)CC2)cc1. The van der Waals surface area contributed by atoms with Crippen LogP contribution in [0.25, 0.3) is 0 Å². The van der Waals surface area contributed by atoms with E-state index in [1.165, 1.54) is 11.8 Å². The number of carbonyl (C=O) groups excluding carboxylic acids is 2. The second-order valence-electron chi connectivity index (χ2n) is 7.17. The lowest BCUT2D eigenvalue weighted by Crippen LogP contribution is -2.44. The molecule has 0 radical (unpaired) electrons. The molecular formula is C22H28N4O2. The highest BCUT2D eigenvalue weighted by molar-refractivity contribution is 5.97. The van der Waals surface area contributed by atoms with Gasteiger partial charge in [-0.3, -0.25) is 9.59 Å². The molecule has 0 atom stereocenters. The maximum Gasteiger partial charge on any atom is 0.240 e. The minimum atomic E-state index is -0.179. The van der Waals surface area contributed by atoms with Crippen molar-refractivity contribution in [1.29, 1.82) is 0 Å². The van der Waals surface area contributed by atoms with Gasteiger partial charge in [-0.05, 0) is 36.9 Å². The van der Waals surface area contributed by atoms with Gasteiger partial charge in [0.1, 0.15) is 6.54 Å². The van der Waals surface area contributed by atoms with Crippen molar-refractivity contribution in [2.45, 2.75) is 13.5 Å². The Balaban J connectivity index is 1.60. The summed E-state index contributed by atoms with van der Waals surface area (Å²) in [7, 11) is 2.13. The Bertz CT molecular complexity index is 784. The molecule has 0 aromatic heterocycles. The van der Waals surface area contributed by atoms with Crippen LogP contribution in [0.4, 0.5) is 11.4 Å². The Hall–Kier alpha value is -2.86. The number of piperazine rings is 1. The molecule has 2 aromatic carbocycles. The monoisotopic (exact) mass is 380 g/mol. The summed E-state index contributed by atoms with van der Waals surface area (Å²) in [6, 6.07) is 17.6. The highest BCUT2D eigenvalue weighted by Crippen LogP contribution is 2.22. The summed E-state index contributed by atoms with van der Waals surface area (Å²) in [6.45, 7) is 6.02. The van der Waals surface area contributed by atoms with Crippen molar-refractivity contribution in [3.8, 4) is 0 Å². The third kappa shape index (κ3) is 5.33. The average Bonchev–Trinajstić information content (AvgIpc) is 2.72. The molecule has 6 heteroatoms. The molecule has 6 nitrogen and oxygen atoms in total. The van der Waals surface area contributed by atoms with Gasteiger partial charge in [0, 0.05) is 51.0 Å². The van der Waals surface area contributed by atoms with Gasteiger partial charge in [0.2, 0.25) is 11.8 Å². The van der Waals surface area contributed by atoms with E-state index in [0.717, 1.165) is 43.1 Å².